The lowest BCUT2D eigenvalue weighted by Gasteiger charge is -2.20. The van der Waals surface area contributed by atoms with Crippen molar-refractivity contribution in [3.63, 3.8) is 0 Å². The van der Waals surface area contributed by atoms with Crippen LogP contribution in [0.25, 0.3) is 33.4 Å². The summed E-state index contributed by atoms with van der Waals surface area (Å²) >= 11 is 0. The molecule has 0 saturated heterocycles. The van der Waals surface area contributed by atoms with Gasteiger partial charge < -0.3 is 15.6 Å². The van der Waals surface area contributed by atoms with Crippen molar-refractivity contribution in [2.45, 2.75) is 39.8 Å². The van der Waals surface area contributed by atoms with Crippen molar-refractivity contribution in [1.82, 2.24) is 25.1 Å². The molecule has 0 aliphatic carbocycles. The Morgan fingerprint density at radius 2 is 1.87 bits per heavy atom. The number of carbonyl (C=O) groups is 1. The summed E-state index contributed by atoms with van der Waals surface area (Å²) in [4.78, 5) is 19.7. The van der Waals surface area contributed by atoms with Crippen LogP contribution in [-0.2, 0) is 6.54 Å². The van der Waals surface area contributed by atoms with Gasteiger partial charge in [-0.3, -0.25) is 4.68 Å². The third kappa shape index (κ3) is 4.05. The normalized spacial score (nSPS) is 11.6. The molecule has 2 amide bonds. The maximum absolute atomic E-state index is 12.1. The van der Waals surface area contributed by atoms with E-state index >= 15 is 0 Å². The Bertz CT molecular complexity index is 1180. The molecule has 30 heavy (non-hydrogen) atoms. The highest BCUT2D eigenvalue weighted by Crippen LogP contribution is 2.35. The lowest BCUT2D eigenvalue weighted by molar-refractivity contribution is 0.244. The van der Waals surface area contributed by atoms with Gasteiger partial charge >= 0.3 is 6.03 Å². The van der Waals surface area contributed by atoms with Crippen LogP contribution < -0.4 is 10.6 Å². The average Bonchev–Trinajstić information content (AvgIpc) is 3.34. The van der Waals surface area contributed by atoms with Crippen molar-refractivity contribution in [2.24, 2.45) is 0 Å². The second-order valence-electron chi connectivity index (χ2n) is 8.25. The van der Waals surface area contributed by atoms with Gasteiger partial charge in [-0.1, -0.05) is 12.1 Å². The minimum absolute atomic E-state index is 0.224. The van der Waals surface area contributed by atoms with Crippen LogP contribution >= 0.6 is 0 Å². The minimum Gasteiger partial charge on any atom is -0.346 e. The number of urea groups is 1. The van der Waals surface area contributed by atoms with Gasteiger partial charge in [0.25, 0.3) is 0 Å². The zero-order chi connectivity index (χ0) is 21.3. The van der Waals surface area contributed by atoms with E-state index in [4.69, 9.17) is 5.10 Å². The van der Waals surface area contributed by atoms with E-state index in [0.717, 1.165) is 45.6 Å². The molecule has 1 aromatic carbocycles. The third-order valence-electron chi connectivity index (χ3n) is 4.74. The predicted molar refractivity (Wildman–Crippen MR) is 120 cm³/mol. The highest BCUT2D eigenvalue weighted by molar-refractivity contribution is 5.97. The molecule has 0 unspecified atom stereocenters. The summed E-state index contributed by atoms with van der Waals surface area (Å²) in [5.74, 6) is 0. The van der Waals surface area contributed by atoms with Crippen molar-refractivity contribution < 1.29 is 4.79 Å². The van der Waals surface area contributed by atoms with E-state index in [9.17, 15) is 4.79 Å². The molecule has 0 spiro atoms. The number of nitrogens with one attached hydrogen (secondary N) is 3. The first-order valence-electron chi connectivity index (χ1n) is 10.0. The quantitative estimate of drug-likeness (QED) is 0.447. The Labute approximate surface area is 175 Å². The molecule has 0 atom stereocenters. The monoisotopic (exact) mass is 402 g/mol. The van der Waals surface area contributed by atoms with Gasteiger partial charge in [0, 0.05) is 52.9 Å². The molecule has 4 aromatic rings. The van der Waals surface area contributed by atoms with E-state index < -0.39 is 0 Å². The molecule has 154 valence electrons. The van der Waals surface area contributed by atoms with Crippen molar-refractivity contribution in [3.05, 3.63) is 55.0 Å². The number of aryl methyl sites for hydroxylation is 1. The number of amides is 2. The maximum Gasteiger partial charge on any atom is 0.319 e. The molecular weight excluding hydrogens is 376 g/mol. The molecule has 7 heteroatoms. The number of carbonyl (C=O) groups excluding carboxylic acids is 1. The van der Waals surface area contributed by atoms with Crippen molar-refractivity contribution in [2.75, 3.05) is 5.32 Å². The SMILES string of the molecule is CCn1cc(-c2ccnc3[nH]ccc23)c(-c2ccc(NC(=O)NC(C)(C)C)cc2)n1. The van der Waals surface area contributed by atoms with Gasteiger partial charge in [0.1, 0.15) is 11.3 Å². The topological polar surface area (TPSA) is 87.6 Å². The van der Waals surface area contributed by atoms with Crippen molar-refractivity contribution in [3.8, 4) is 22.4 Å². The van der Waals surface area contributed by atoms with Crippen LogP contribution in [0.4, 0.5) is 10.5 Å². The molecule has 4 rings (SSSR count). The van der Waals surface area contributed by atoms with Crippen LogP contribution in [0.2, 0.25) is 0 Å². The molecule has 0 aliphatic heterocycles. The molecule has 7 nitrogen and oxygen atoms in total. The molecule has 0 bridgehead atoms. The van der Waals surface area contributed by atoms with Crippen molar-refractivity contribution in [1.29, 1.82) is 0 Å². The van der Waals surface area contributed by atoms with Crippen LogP contribution in [0.5, 0.6) is 0 Å². The molecule has 3 aromatic heterocycles. The van der Waals surface area contributed by atoms with E-state index in [1.807, 2.05) is 74.2 Å². The number of fused-ring (bicyclic) bond motifs is 1. The van der Waals surface area contributed by atoms with Crippen LogP contribution in [0, 0.1) is 0 Å². The Balaban J connectivity index is 1.67. The highest BCUT2D eigenvalue weighted by atomic mass is 16.2. The fourth-order valence-electron chi connectivity index (χ4n) is 3.40. The summed E-state index contributed by atoms with van der Waals surface area (Å²) in [6.07, 6.45) is 5.77. The number of anilines is 1. The van der Waals surface area contributed by atoms with Crippen LogP contribution in [-0.4, -0.2) is 31.3 Å². The fraction of sp³-hybridized carbons (Fsp3) is 0.261. The second-order valence-corrected chi connectivity index (χ2v) is 8.25. The summed E-state index contributed by atoms with van der Waals surface area (Å²) in [5, 5.41) is 11.6. The average molecular weight is 403 g/mol. The molecule has 0 fully saturated rings. The van der Waals surface area contributed by atoms with E-state index in [-0.39, 0.29) is 11.6 Å². The summed E-state index contributed by atoms with van der Waals surface area (Å²) < 4.78 is 1.94. The summed E-state index contributed by atoms with van der Waals surface area (Å²) in [7, 11) is 0. The number of nitrogens with zero attached hydrogens (tertiary/aromatic N) is 3. The lowest BCUT2D eigenvalue weighted by Crippen LogP contribution is -2.43. The molecular formula is C23H26N6O. The van der Waals surface area contributed by atoms with Gasteiger partial charge in [0.2, 0.25) is 0 Å². The number of pyridine rings is 1. The fourth-order valence-corrected chi connectivity index (χ4v) is 3.40. The van der Waals surface area contributed by atoms with Gasteiger partial charge in [0.05, 0.1) is 0 Å². The van der Waals surface area contributed by atoms with E-state index in [2.05, 4.69) is 33.7 Å². The predicted octanol–water partition coefficient (Wildman–Crippen LogP) is 5.03. The first kappa shape index (κ1) is 19.7. The van der Waals surface area contributed by atoms with E-state index in [1.165, 1.54) is 0 Å². The Morgan fingerprint density at radius 1 is 1.10 bits per heavy atom. The summed E-state index contributed by atoms with van der Waals surface area (Å²) in [6.45, 7) is 8.69. The van der Waals surface area contributed by atoms with Crippen LogP contribution in [0.1, 0.15) is 27.7 Å². The Morgan fingerprint density at radius 3 is 2.57 bits per heavy atom. The number of H-pyrrole nitrogens is 1. The largest absolute Gasteiger partial charge is 0.346 e. The van der Waals surface area contributed by atoms with E-state index in [0.29, 0.717) is 0 Å². The zero-order valence-electron chi connectivity index (χ0n) is 17.7. The molecule has 0 aliphatic rings. The highest BCUT2D eigenvalue weighted by Gasteiger charge is 2.17. The first-order valence-corrected chi connectivity index (χ1v) is 10.0. The number of rotatable bonds is 4. The van der Waals surface area contributed by atoms with Crippen molar-refractivity contribution >= 4 is 22.8 Å². The van der Waals surface area contributed by atoms with Crippen LogP contribution in [0.15, 0.2) is 55.0 Å². The summed E-state index contributed by atoms with van der Waals surface area (Å²) in [5.41, 5.74) is 5.31. The first-order chi connectivity index (χ1) is 14.3. The number of hydrogen-bond acceptors (Lipinski definition) is 3. The van der Waals surface area contributed by atoms with Gasteiger partial charge in [-0.05, 0) is 57.5 Å². The summed E-state index contributed by atoms with van der Waals surface area (Å²) in [6, 6.07) is 11.6. The number of hydrogen-bond donors (Lipinski definition) is 3. The van der Waals surface area contributed by atoms with Gasteiger partial charge in [-0.25, -0.2) is 9.78 Å². The lowest BCUT2D eigenvalue weighted by atomic mass is 10.0. The number of aromatic nitrogens is 4. The molecule has 3 heterocycles. The Hall–Kier alpha value is -3.61. The number of aromatic amines is 1. The van der Waals surface area contributed by atoms with Gasteiger partial charge in [-0.15, -0.1) is 0 Å². The Kier molecular flexibility index (Phi) is 5.03. The zero-order valence-corrected chi connectivity index (χ0v) is 17.7. The molecule has 3 N–H and O–H groups in total. The second kappa shape index (κ2) is 7.67. The maximum atomic E-state index is 12.1. The van der Waals surface area contributed by atoms with E-state index in [1.54, 1.807) is 0 Å². The van der Waals surface area contributed by atoms with Gasteiger partial charge in [-0.2, -0.15) is 5.10 Å². The van der Waals surface area contributed by atoms with Gasteiger partial charge in [0.15, 0.2) is 0 Å². The third-order valence-corrected chi connectivity index (χ3v) is 4.74. The van der Waals surface area contributed by atoms with Crippen LogP contribution in [0.3, 0.4) is 0 Å². The molecule has 0 radical (unpaired) electrons. The number of benzene rings is 1. The minimum atomic E-state index is -0.292. The smallest absolute Gasteiger partial charge is 0.319 e. The standard InChI is InChI=1S/C23H26N6O/c1-5-29-14-19(17-10-12-24-21-18(17)11-13-25-21)20(28-29)15-6-8-16(9-7-15)26-22(30)27-23(2,3)4/h6-14H,5H2,1-4H3,(H,24,25)(H2,26,27,30). The molecule has 0 saturated carbocycles.